The van der Waals surface area contributed by atoms with E-state index in [1.54, 1.807) is 18.9 Å². The number of furan rings is 1. The molecule has 4 aromatic rings. The van der Waals surface area contributed by atoms with Gasteiger partial charge in [0.2, 0.25) is 0 Å². The smallest absolute Gasteiger partial charge is 0.159 e. The molecule has 2 aromatic heterocycles. The highest BCUT2D eigenvalue weighted by Crippen LogP contribution is 2.45. The number of rotatable bonds is 1. The number of aryl methyl sites for hydroxylation is 1. The number of hydrogen-bond donors (Lipinski definition) is 0. The molecule has 0 saturated carbocycles. The van der Waals surface area contributed by atoms with Crippen molar-refractivity contribution in [3.05, 3.63) is 67.0 Å². The van der Waals surface area contributed by atoms with Crippen LogP contribution in [0.25, 0.3) is 21.9 Å². The van der Waals surface area contributed by atoms with Gasteiger partial charge in [0.1, 0.15) is 12.3 Å². The van der Waals surface area contributed by atoms with Crippen LogP contribution >= 0.6 is 0 Å². The second kappa shape index (κ2) is 4.74. The molecule has 0 atom stereocenters. The summed E-state index contributed by atoms with van der Waals surface area (Å²) in [4.78, 5) is 7.38. The van der Waals surface area contributed by atoms with E-state index in [1.807, 2.05) is 54.3 Å². The van der Waals surface area contributed by atoms with Crippen molar-refractivity contribution < 1.29 is 8.53 Å². The van der Waals surface area contributed by atoms with Crippen LogP contribution in [0.15, 0.2) is 59.1 Å². The van der Waals surface area contributed by atoms with Gasteiger partial charge in [-0.25, -0.2) is 4.98 Å². The van der Waals surface area contributed by atoms with Crippen molar-refractivity contribution in [3.8, 4) is 0 Å². The van der Waals surface area contributed by atoms with E-state index in [0.29, 0.717) is 11.5 Å². The second-order valence-electron chi connectivity index (χ2n) is 5.91. The zero-order valence-electron chi connectivity index (χ0n) is 16.0. The fourth-order valence-electron chi connectivity index (χ4n) is 3.35. The van der Waals surface area contributed by atoms with Crippen LogP contribution in [0.5, 0.6) is 0 Å². The van der Waals surface area contributed by atoms with E-state index in [4.69, 9.17) is 8.53 Å². The van der Waals surface area contributed by atoms with Gasteiger partial charge in [0.25, 0.3) is 0 Å². The van der Waals surface area contributed by atoms with Gasteiger partial charge in [0.15, 0.2) is 11.4 Å². The zero-order valence-corrected chi connectivity index (χ0v) is 13.0. The fourth-order valence-corrected chi connectivity index (χ4v) is 3.35. The number of anilines is 3. The molecule has 0 spiro atoms. The molecule has 0 amide bonds. The van der Waals surface area contributed by atoms with Gasteiger partial charge in [-0.1, -0.05) is 30.3 Å². The number of fused-ring (bicyclic) bond motifs is 4. The molecule has 2 aromatic carbocycles. The molecule has 5 rings (SSSR count). The number of aromatic nitrogens is 1. The molecular weight excluding hydrogens is 298 g/mol. The van der Waals surface area contributed by atoms with Gasteiger partial charge in [-0.2, -0.15) is 0 Å². The molecule has 0 bridgehead atoms. The Morgan fingerprint density at radius 2 is 1.96 bits per heavy atom. The number of pyridine rings is 1. The first kappa shape index (κ1) is 10.7. The maximum Gasteiger partial charge on any atom is 0.159 e. The predicted molar refractivity (Wildman–Crippen MR) is 97.5 cm³/mol. The average molecular weight is 317 g/mol. The lowest BCUT2D eigenvalue weighted by Crippen LogP contribution is -2.18. The maximum absolute atomic E-state index is 7.85. The summed E-state index contributed by atoms with van der Waals surface area (Å²) in [5.74, 6) is 0.407. The van der Waals surface area contributed by atoms with Crippen LogP contribution in [0.4, 0.5) is 17.2 Å². The van der Waals surface area contributed by atoms with E-state index >= 15 is 0 Å². The third-order valence-corrected chi connectivity index (χ3v) is 4.45. The summed E-state index contributed by atoms with van der Waals surface area (Å²) in [7, 11) is 0. The lowest BCUT2D eigenvalue weighted by atomic mass is 10.1. The Hall–Kier alpha value is -3.01. The summed E-state index contributed by atoms with van der Waals surface area (Å²) < 4.78 is 29.7. The van der Waals surface area contributed by atoms with Gasteiger partial charge in [0, 0.05) is 28.1 Å². The summed E-state index contributed by atoms with van der Waals surface area (Å²) in [5.41, 5.74) is 4.06. The third-order valence-electron chi connectivity index (χ3n) is 4.45. The van der Waals surface area contributed by atoms with Crippen molar-refractivity contribution >= 4 is 39.1 Å². The summed E-state index contributed by atoms with van der Waals surface area (Å²) >= 11 is 0. The molecule has 117 valence electrons. The van der Waals surface area contributed by atoms with Gasteiger partial charge in [-0.3, -0.25) is 0 Å². The highest BCUT2D eigenvalue weighted by Gasteiger charge is 2.29. The largest absolute Gasteiger partial charge is 0.454 e. The van der Waals surface area contributed by atoms with Crippen LogP contribution in [0, 0.1) is 13.6 Å². The molecule has 1 radical (unpaired) electrons. The Labute approximate surface area is 144 Å². The first-order chi connectivity index (χ1) is 12.9. The highest BCUT2D eigenvalue weighted by atomic mass is 16.3. The molecule has 24 heavy (non-hydrogen) atoms. The van der Waals surface area contributed by atoms with Gasteiger partial charge in [0.05, 0.1) is 11.4 Å². The Balaban J connectivity index is 1.78. The summed E-state index contributed by atoms with van der Waals surface area (Å²) in [6.45, 7) is 1.25. The molecule has 0 aliphatic carbocycles. The number of nitrogens with zero attached hydrogens (tertiary/aromatic N) is 3. The normalized spacial score (nSPS) is 16.3. The van der Waals surface area contributed by atoms with Crippen molar-refractivity contribution in [1.82, 2.24) is 4.98 Å². The highest BCUT2D eigenvalue weighted by molar-refractivity contribution is 6.10. The molecule has 0 saturated heterocycles. The van der Waals surface area contributed by atoms with E-state index in [1.165, 1.54) is 4.90 Å². The number of hydrogen-bond acceptors (Lipinski definition) is 4. The Bertz CT molecular complexity index is 1180. The van der Waals surface area contributed by atoms with Crippen LogP contribution in [-0.2, 0) is 0 Å². The molecule has 1 aliphatic rings. The Morgan fingerprint density at radius 1 is 1.04 bits per heavy atom. The van der Waals surface area contributed by atoms with Crippen molar-refractivity contribution in [2.24, 2.45) is 0 Å². The third kappa shape index (κ3) is 1.71. The molecular formula is C20H16N3O. The van der Waals surface area contributed by atoms with Gasteiger partial charge < -0.3 is 14.2 Å². The van der Waals surface area contributed by atoms with Crippen LogP contribution < -0.4 is 9.80 Å². The lowest BCUT2D eigenvalue weighted by Gasteiger charge is -2.20. The first-order valence-corrected chi connectivity index (χ1v) is 7.74. The Morgan fingerprint density at radius 3 is 2.88 bits per heavy atom. The second-order valence-corrected chi connectivity index (χ2v) is 5.91. The van der Waals surface area contributed by atoms with E-state index < -0.39 is 6.98 Å². The van der Waals surface area contributed by atoms with Crippen molar-refractivity contribution in [1.29, 1.82) is 0 Å². The minimum absolute atomic E-state index is 0.407. The lowest BCUT2D eigenvalue weighted by molar-refractivity contribution is 0.668. The summed E-state index contributed by atoms with van der Waals surface area (Å²) in [6, 6.07) is 15.6. The summed E-state index contributed by atoms with van der Waals surface area (Å²) in [5, 5.41) is 2.03. The van der Waals surface area contributed by atoms with E-state index in [-0.39, 0.29) is 0 Å². The molecule has 0 fully saturated rings. The van der Waals surface area contributed by atoms with Crippen LogP contribution in [-0.4, -0.2) is 12.0 Å². The van der Waals surface area contributed by atoms with Gasteiger partial charge in [-0.15, -0.1) is 0 Å². The van der Waals surface area contributed by atoms with E-state index in [2.05, 4.69) is 4.98 Å². The molecule has 4 nitrogen and oxygen atoms in total. The van der Waals surface area contributed by atoms with Crippen molar-refractivity contribution in [3.63, 3.8) is 0 Å². The van der Waals surface area contributed by atoms with Crippen LogP contribution in [0.1, 0.15) is 9.68 Å². The number of benzene rings is 2. The minimum Gasteiger partial charge on any atom is -0.454 e. The number of para-hydroxylation sites is 1. The standard InChI is InChI=1S/C20H16N3O/c1-13-9-10-15-14-6-3-4-8-17(14)24-19(15)18(13)23-12-22(2)20-16(23)7-5-11-21-20/h3-12H,1-2H3/i2D3. The molecule has 0 unspecified atom stereocenters. The van der Waals surface area contributed by atoms with Crippen LogP contribution in [0.2, 0.25) is 0 Å². The van der Waals surface area contributed by atoms with Crippen molar-refractivity contribution in [2.75, 3.05) is 16.8 Å². The fraction of sp³-hybridized carbons (Fsp3) is 0.100. The molecule has 3 heterocycles. The minimum atomic E-state index is -2.33. The van der Waals surface area contributed by atoms with Gasteiger partial charge >= 0.3 is 0 Å². The van der Waals surface area contributed by atoms with E-state index in [0.717, 1.165) is 33.2 Å². The molecule has 0 N–H and O–H groups in total. The molecule has 1 aliphatic heterocycles. The quantitative estimate of drug-likeness (QED) is 0.495. The van der Waals surface area contributed by atoms with Gasteiger partial charge in [-0.05, 0) is 30.7 Å². The summed E-state index contributed by atoms with van der Waals surface area (Å²) in [6.07, 6.45) is 1.60. The monoisotopic (exact) mass is 317 g/mol. The topological polar surface area (TPSA) is 32.5 Å². The predicted octanol–water partition coefficient (Wildman–Crippen LogP) is 5.00. The van der Waals surface area contributed by atoms with Crippen molar-refractivity contribution in [2.45, 2.75) is 6.92 Å². The Kier molecular flexibility index (Phi) is 2.12. The zero-order chi connectivity index (χ0) is 18.8. The first-order valence-electron chi connectivity index (χ1n) is 9.24. The van der Waals surface area contributed by atoms with E-state index in [9.17, 15) is 0 Å². The average Bonchev–Trinajstić information content (AvgIpc) is 3.20. The maximum atomic E-state index is 7.85. The molecule has 4 heteroatoms. The van der Waals surface area contributed by atoms with Crippen LogP contribution in [0.3, 0.4) is 0 Å². The SMILES string of the molecule is [2H]C([2H])([2H])N1[CH]N(c2c(C)ccc3c2oc2ccccc23)c2cccnc21.